The number of anilines is 1. The molecular formula is C26H37N5O3S. The average molecular weight is 500 g/mol. The van der Waals surface area contributed by atoms with E-state index in [0.717, 1.165) is 63.2 Å². The summed E-state index contributed by atoms with van der Waals surface area (Å²) in [5, 5.41) is 7.00. The van der Waals surface area contributed by atoms with Crippen molar-refractivity contribution in [3.63, 3.8) is 0 Å². The molecule has 190 valence electrons. The van der Waals surface area contributed by atoms with Crippen molar-refractivity contribution in [2.75, 3.05) is 45.1 Å². The molecule has 0 bridgehead atoms. The number of nitrogens with two attached hydrogens (primary N) is 1. The van der Waals surface area contributed by atoms with Gasteiger partial charge >= 0.3 is 6.03 Å². The Hall–Kier alpha value is -2.49. The van der Waals surface area contributed by atoms with E-state index in [4.69, 9.17) is 10.5 Å². The number of thiophene rings is 1. The highest BCUT2D eigenvalue weighted by Gasteiger charge is 2.21. The fourth-order valence-electron chi connectivity index (χ4n) is 4.72. The van der Waals surface area contributed by atoms with Gasteiger partial charge in [0.15, 0.2) is 5.78 Å². The van der Waals surface area contributed by atoms with Crippen LogP contribution in [0.4, 0.5) is 10.5 Å². The smallest absolute Gasteiger partial charge is 0.317 e. The third kappa shape index (κ3) is 7.75. The summed E-state index contributed by atoms with van der Waals surface area (Å²) >= 11 is 1.49. The molecule has 0 unspecified atom stereocenters. The predicted octanol–water partition coefficient (Wildman–Crippen LogP) is 3.72. The quantitative estimate of drug-likeness (QED) is 0.483. The van der Waals surface area contributed by atoms with Gasteiger partial charge < -0.3 is 20.7 Å². The van der Waals surface area contributed by atoms with Crippen LogP contribution in [0.1, 0.15) is 60.1 Å². The average Bonchev–Trinajstić information content (AvgIpc) is 3.29. The molecule has 8 nitrogen and oxygen atoms in total. The molecule has 2 aromatic rings. The highest BCUT2D eigenvalue weighted by atomic mass is 32.1. The molecule has 1 saturated heterocycles. The summed E-state index contributed by atoms with van der Waals surface area (Å²) in [5.74, 6) is -0.0564. The molecule has 4 rings (SSSR count). The van der Waals surface area contributed by atoms with Gasteiger partial charge in [0.25, 0.3) is 0 Å². The molecule has 3 N–H and O–H groups in total. The number of ether oxygens (including phenoxy) is 1. The monoisotopic (exact) mass is 499 g/mol. The van der Waals surface area contributed by atoms with Crippen molar-refractivity contribution in [3.05, 3.63) is 45.9 Å². The standard InChI is InChI=1S/C26H37N5O3S/c27-23-19-35-18-21(23)15-25(32)24-8-7-20(16-28-24)17-31(10-4-9-30-11-13-34-14-12-30)26(33)29-22-5-2-1-3-6-22/h7-8,16,18-19,22H,1-6,9-15,17,27H2,(H,29,33). The topological polar surface area (TPSA) is 101 Å². The molecular weight excluding hydrogens is 462 g/mol. The third-order valence-electron chi connectivity index (χ3n) is 6.84. The molecule has 0 atom stereocenters. The summed E-state index contributed by atoms with van der Waals surface area (Å²) in [6.45, 7) is 5.56. The molecule has 2 aliphatic rings. The molecule has 0 aromatic carbocycles. The fourth-order valence-corrected chi connectivity index (χ4v) is 5.47. The number of aromatic nitrogens is 1. The van der Waals surface area contributed by atoms with Crippen LogP contribution in [0.25, 0.3) is 0 Å². The van der Waals surface area contributed by atoms with Gasteiger partial charge in [0.2, 0.25) is 0 Å². The highest BCUT2D eigenvalue weighted by molar-refractivity contribution is 7.08. The Kier molecular flexibility index (Phi) is 9.50. The summed E-state index contributed by atoms with van der Waals surface area (Å²) in [6.07, 6.45) is 8.60. The van der Waals surface area contributed by atoms with E-state index in [9.17, 15) is 9.59 Å². The first-order chi connectivity index (χ1) is 17.1. The number of pyridine rings is 1. The van der Waals surface area contributed by atoms with Crippen molar-refractivity contribution in [1.29, 1.82) is 0 Å². The Balaban J connectivity index is 1.35. The molecule has 2 amide bonds. The van der Waals surface area contributed by atoms with Gasteiger partial charge in [0, 0.05) is 62.5 Å². The zero-order chi connectivity index (χ0) is 24.5. The van der Waals surface area contributed by atoms with Crippen molar-refractivity contribution in [1.82, 2.24) is 20.1 Å². The lowest BCUT2D eigenvalue weighted by atomic mass is 9.96. The van der Waals surface area contributed by atoms with E-state index in [-0.39, 0.29) is 24.3 Å². The zero-order valence-corrected chi connectivity index (χ0v) is 21.2. The number of ketones is 1. The molecule has 0 radical (unpaired) electrons. The predicted molar refractivity (Wildman–Crippen MR) is 139 cm³/mol. The van der Waals surface area contributed by atoms with Crippen LogP contribution in [-0.4, -0.2) is 72.0 Å². The summed E-state index contributed by atoms with van der Waals surface area (Å²) in [5.41, 5.74) is 8.75. The maximum absolute atomic E-state index is 13.2. The van der Waals surface area contributed by atoms with Gasteiger partial charge in [-0.1, -0.05) is 25.3 Å². The molecule has 1 aliphatic carbocycles. The molecule has 2 aromatic heterocycles. The van der Waals surface area contributed by atoms with Crippen molar-refractivity contribution in [2.45, 2.75) is 57.5 Å². The Morgan fingerprint density at radius 3 is 2.66 bits per heavy atom. The molecule has 2 fully saturated rings. The van der Waals surface area contributed by atoms with Gasteiger partial charge in [-0.05, 0) is 41.8 Å². The van der Waals surface area contributed by atoms with E-state index in [1.54, 1.807) is 12.3 Å². The van der Waals surface area contributed by atoms with Crippen molar-refractivity contribution in [2.24, 2.45) is 0 Å². The van der Waals surface area contributed by atoms with E-state index >= 15 is 0 Å². The number of amides is 2. The lowest BCUT2D eigenvalue weighted by molar-refractivity contribution is 0.0364. The van der Waals surface area contributed by atoms with E-state index in [0.29, 0.717) is 24.5 Å². The maximum Gasteiger partial charge on any atom is 0.317 e. The first-order valence-electron chi connectivity index (χ1n) is 12.7. The van der Waals surface area contributed by atoms with Crippen molar-refractivity contribution in [3.8, 4) is 0 Å². The van der Waals surface area contributed by atoms with Gasteiger partial charge in [0.05, 0.1) is 13.2 Å². The second-order valence-corrected chi connectivity index (χ2v) is 10.3. The number of urea groups is 1. The maximum atomic E-state index is 13.2. The summed E-state index contributed by atoms with van der Waals surface area (Å²) in [4.78, 5) is 34.5. The van der Waals surface area contributed by atoms with Gasteiger partial charge in [-0.25, -0.2) is 4.79 Å². The number of nitrogens with zero attached hydrogens (tertiary/aromatic N) is 3. The molecule has 1 saturated carbocycles. The van der Waals surface area contributed by atoms with Crippen LogP contribution in [-0.2, 0) is 17.7 Å². The second kappa shape index (κ2) is 13.0. The summed E-state index contributed by atoms with van der Waals surface area (Å²) < 4.78 is 5.44. The van der Waals surface area contributed by atoms with E-state index in [2.05, 4.69) is 15.2 Å². The van der Waals surface area contributed by atoms with E-state index < -0.39 is 0 Å². The van der Waals surface area contributed by atoms with E-state index in [1.807, 2.05) is 21.7 Å². The number of carbonyl (C=O) groups excluding carboxylic acids is 2. The van der Waals surface area contributed by atoms with Gasteiger partial charge in [-0.3, -0.25) is 14.7 Å². The number of hydrogen-bond acceptors (Lipinski definition) is 7. The van der Waals surface area contributed by atoms with Crippen LogP contribution < -0.4 is 11.1 Å². The number of nitrogen functional groups attached to an aromatic ring is 1. The van der Waals surface area contributed by atoms with Gasteiger partial charge in [0.1, 0.15) is 5.69 Å². The number of nitrogens with one attached hydrogen (secondary N) is 1. The minimum atomic E-state index is -0.0564. The summed E-state index contributed by atoms with van der Waals surface area (Å²) in [6, 6.07) is 3.92. The van der Waals surface area contributed by atoms with Crippen LogP contribution in [0, 0.1) is 0 Å². The lowest BCUT2D eigenvalue weighted by Gasteiger charge is -2.30. The van der Waals surface area contributed by atoms with Crippen LogP contribution >= 0.6 is 11.3 Å². The number of Topliss-reactive ketones (excluding diaryl/α,β-unsaturated/α-hetero) is 1. The number of morpholine rings is 1. The largest absolute Gasteiger partial charge is 0.398 e. The van der Waals surface area contributed by atoms with E-state index in [1.165, 1.54) is 30.6 Å². The van der Waals surface area contributed by atoms with Crippen molar-refractivity contribution >= 4 is 28.8 Å². The highest BCUT2D eigenvalue weighted by Crippen LogP contribution is 2.20. The molecule has 0 spiro atoms. The van der Waals surface area contributed by atoms with Crippen LogP contribution in [0.15, 0.2) is 29.1 Å². The minimum Gasteiger partial charge on any atom is -0.398 e. The Bertz CT molecular complexity index is 952. The summed E-state index contributed by atoms with van der Waals surface area (Å²) in [7, 11) is 0. The number of carbonyl (C=O) groups is 2. The Labute approximate surface area is 211 Å². The molecule has 35 heavy (non-hydrogen) atoms. The lowest BCUT2D eigenvalue weighted by Crippen LogP contribution is -2.46. The van der Waals surface area contributed by atoms with Gasteiger partial charge in [-0.2, -0.15) is 0 Å². The molecule has 1 aliphatic heterocycles. The number of hydrogen-bond donors (Lipinski definition) is 2. The van der Waals surface area contributed by atoms with Crippen LogP contribution in [0.2, 0.25) is 0 Å². The second-order valence-electron chi connectivity index (χ2n) is 9.52. The fraction of sp³-hybridized carbons (Fsp3) is 0.577. The Morgan fingerprint density at radius 2 is 1.97 bits per heavy atom. The van der Waals surface area contributed by atoms with Crippen LogP contribution in [0.5, 0.6) is 0 Å². The number of rotatable bonds is 10. The Morgan fingerprint density at radius 1 is 1.17 bits per heavy atom. The normalized spacial score (nSPS) is 17.3. The SMILES string of the molecule is Nc1cscc1CC(=O)c1ccc(CN(CCCN2CCOCC2)C(=O)NC2CCCCC2)cn1. The third-order valence-corrected chi connectivity index (χ3v) is 7.65. The van der Waals surface area contributed by atoms with Gasteiger partial charge in [-0.15, -0.1) is 11.3 Å². The first kappa shape index (κ1) is 25.6. The molecule has 3 heterocycles. The van der Waals surface area contributed by atoms with Crippen molar-refractivity contribution < 1.29 is 14.3 Å². The molecule has 9 heteroatoms. The zero-order valence-electron chi connectivity index (χ0n) is 20.4. The minimum absolute atomic E-state index is 0.00744. The van der Waals surface area contributed by atoms with Crippen LogP contribution in [0.3, 0.4) is 0 Å². The first-order valence-corrected chi connectivity index (χ1v) is 13.7.